The molecule has 1 heterocycles. The smallest absolute Gasteiger partial charge is 0.216 e. The van der Waals surface area contributed by atoms with Gasteiger partial charge in [-0.2, -0.15) is 0 Å². The quantitative estimate of drug-likeness (QED) is 0.943. The summed E-state index contributed by atoms with van der Waals surface area (Å²) in [6.07, 6.45) is 1.19. The summed E-state index contributed by atoms with van der Waals surface area (Å²) < 4.78 is 5.98. The Morgan fingerprint density at radius 1 is 1.33 bits per heavy atom. The fourth-order valence-corrected chi connectivity index (χ4v) is 2.07. The zero-order valence-electron chi connectivity index (χ0n) is 9.88. The summed E-state index contributed by atoms with van der Waals surface area (Å²) in [5.74, 6) is 0.450. The van der Waals surface area contributed by atoms with Gasteiger partial charge in [0.25, 0.3) is 0 Å². The minimum Gasteiger partial charge on any atom is -0.481 e. The third-order valence-electron chi connectivity index (χ3n) is 2.58. The van der Waals surface area contributed by atoms with E-state index in [1.165, 1.54) is 13.4 Å². The van der Waals surface area contributed by atoms with E-state index in [0.29, 0.717) is 18.0 Å². The second-order valence-corrected chi connectivity index (χ2v) is 4.65. The van der Waals surface area contributed by atoms with Gasteiger partial charge in [0.2, 0.25) is 5.88 Å². The number of aliphatic hydroxyl groups is 1. The molecule has 0 saturated carbocycles. The van der Waals surface area contributed by atoms with E-state index in [1.54, 1.807) is 6.07 Å². The van der Waals surface area contributed by atoms with E-state index in [0.717, 1.165) is 10.0 Å². The van der Waals surface area contributed by atoms with Crippen molar-refractivity contribution in [3.05, 3.63) is 52.4 Å². The fraction of sp³-hybridized carbons (Fsp3) is 0.231. The Kier molecular flexibility index (Phi) is 4.28. The largest absolute Gasteiger partial charge is 0.481 e. The average molecular weight is 309 g/mol. The molecule has 0 fully saturated rings. The lowest BCUT2D eigenvalue weighted by Gasteiger charge is -2.11. The van der Waals surface area contributed by atoms with Crippen molar-refractivity contribution in [2.45, 2.75) is 12.5 Å². The van der Waals surface area contributed by atoms with E-state index < -0.39 is 6.10 Å². The maximum atomic E-state index is 10.2. The third-order valence-corrected chi connectivity index (χ3v) is 3.36. The standard InChI is InChI=1S/C13H13BrN2O2/c1-18-13-7-11(15-8-16-13)12(17)6-9-4-2-3-5-10(9)14/h2-5,7-8,12,17H,6H2,1H3. The van der Waals surface area contributed by atoms with E-state index in [9.17, 15) is 5.11 Å². The first-order chi connectivity index (χ1) is 8.70. The van der Waals surface area contributed by atoms with E-state index in [2.05, 4.69) is 25.9 Å². The van der Waals surface area contributed by atoms with Crippen LogP contribution in [0.25, 0.3) is 0 Å². The maximum Gasteiger partial charge on any atom is 0.216 e. The van der Waals surface area contributed by atoms with Gasteiger partial charge in [0.05, 0.1) is 12.8 Å². The first-order valence-electron chi connectivity index (χ1n) is 5.48. The minimum absolute atomic E-state index is 0.450. The van der Waals surface area contributed by atoms with Crippen LogP contribution in [0.15, 0.2) is 41.1 Å². The van der Waals surface area contributed by atoms with Gasteiger partial charge in [0, 0.05) is 17.0 Å². The Labute approximate surface area is 114 Å². The maximum absolute atomic E-state index is 10.2. The van der Waals surface area contributed by atoms with Gasteiger partial charge in [-0.3, -0.25) is 0 Å². The number of hydrogen-bond donors (Lipinski definition) is 1. The number of aromatic nitrogens is 2. The molecule has 0 amide bonds. The van der Waals surface area contributed by atoms with Gasteiger partial charge in [-0.05, 0) is 11.6 Å². The molecule has 0 bridgehead atoms. The molecule has 0 aliphatic rings. The predicted molar refractivity (Wildman–Crippen MR) is 71.4 cm³/mol. The van der Waals surface area contributed by atoms with E-state index in [1.807, 2.05) is 24.3 Å². The first-order valence-corrected chi connectivity index (χ1v) is 6.27. The molecule has 5 heteroatoms. The molecule has 94 valence electrons. The highest BCUT2D eigenvalue weighted by Gasteiger charge is 2.12. The zero-order valence-corrected chi connectivity index (χ0v) is 11.5. The van der Waals surface area contributed by atoms with E-state index in [4.69, 9.17) is 4.74 Å². The molecular formula is C13H13BrN2O2. The third kappa shape index (κ3) is 3.05. The fourth-order valence-electron chi connectivity index (χ4n) is 1.62. The van der Waals surface area contributed by atoms with Crippen LogP contribution in [0.5, 0.6) is 5.88 Å². The molecule has 2 rings (SSSR count). The summed E-state index contributed by atoms with van der Waals surface area (Å²) in [6.45, 7) is 0. The van der Waals surface area contributed by atoms with Crippen molar-refractivity contribution in [1.82, 2.24) is 9.97 Å². The first kappa shape index (κ1) is 13.0. The number of hydrogen-bond acceptors (Lipinski definition) is 4. The molecule has 2 aromatic rings. The van der Waals surface area contributed by atoms with Gasteiger partial charge < -0.3 is 9.84 Å². The highest BCUT2D eigenvalue weighted by Crippen LogP contribution is 2.23. The highest BCUT2D eigenvalue weighted by molar-refractivity contribution is 9.10. The Balaban J connectivity index is 2.16. The molecule has 0 aliphatic heterocycles. The monoisotopic (exact) mass is 308 g/mol. The van der Waals surface area contributed by atoms with Crippen LogP contribution in [0.1, 0.15) is 17.4 Å². The van der Waals surface area contributed by atoms with Crippen molar-refractivity contribution in [3.8, 4) is 5.88 Å². The molecule has 1 unspecified atom stereocenters. The molecule has 1 aromatic carbocycles. The lowest BCUT2D eigenvalue weighted by atomic mass is 10.1. The van der Waals surface area contributed by atoms with Crippen molar-refractivity contribution >= 4 is 15.9 Å². The lowest BCUT2D eigenvalue weighted by molar-refractivity contribution is 0.172. The summed E-state index contributed by atoms with van der Waals surface area (Å²) in [6, 6.07) is 9.43. The molecule has 0 radical (unpaired) electrons. The molecule has 0 saturated heterocycles. The Morgan fingerprint density at radius 3 is 2.83 bits per heavy atom. The van der Waals surface area contributed by atoms with Crippen LogP contribution in [0.4, 0.5) is 0 Å². The number of halogens is 1. The second-order valence-electron chi connectivity index (χ2n) is 3.80. The number of nitrogens with zero attached hydrogens (tertiary/aromatic N) is 2. The van der Waals surface area contributed by atoms with Crippen LogP contribution >= 0.6 is 15.9 Å². The summed E-state index contributed by atoms with van der Waals surface area (Å²) in [7, 11) is 1.53. The highest BCUT2D eigenvalue weighted by atomic mass is 79.9. The topological polar surface area (TPSA) is 55.2 Å². The normalized spacial score (nSPS) is 12.2. The molecule has 18 heavy (non-hydrogen) atoms. The van der Waals surface area contributed by atoms with Gasteiger partial charge in [-0.15, -0.1) is 0 Å². The number of benzene rings is 1. The number of aliphatic hydroxyl groups excluding tert-OH is 1. The molecule has 1 atom stereocenters. The summed E-state index contributed by atoms with van der Waals surface area (Å²) >= 11 is 3.46. The molecule has 0 aliphatic carbocycles. The van der Waals surface area contributed by atoms with Crippen molar-refractivity contribution in [3.63, 3.8) is 0 Å². The molecule has 4 nitrogen and oxygen atoms in total. The van der Waals surface area contributed by atoms with E-state index in [-0.39, 0.29) is 0 Å². The van der Waals surface area contributed by atoms with Crippen LogP contribution in [-0.4, -0.2) is 22.2 Å². The van der Waals surface area contributed by atoms with Crippen molar-refractivity contribution in [2.24, 2.45) is 0 Å². The molecule has 1 aromatic heterocycles. The van der Waals surface area contributed by atoms with Gasteiger partial charge in [0.1, 0.15) is 12.4 Å². The molecule has 0 spiro atoms. The Morgan fingerprint density at radius 2 is 2.11 bits per heavy atom. The van der Waals surface area contributed by atoms with Crippen LogP contribution in [0, 0.1) is 0 Å². The van der Waals surface area contributed by atoms with Gasteiger partial charge >= 0.3 is 0 Å². The number of ether oxygens (including phenoxy) is 1. The minimum atomic E-state index is -0.680. The van der Waals surface area contributed by atoms with Crippen LogP contribution in [-0.2, 0) is 6.42 Å². The second kappa shape index (κ2) is 5.93. The predicted octanol–water partition coefficient (Wildman–Crippen LogP) is 2.52. The zero-order chi connectivity index (χ0) is 13.0. The van der Waals surface area contributed by atoms with Crippen molar-refractivity contribution in [2.75, 3.05) is 7.11 Å². The summed E-state index contributed by atoms with van der Waals surface area (Å²) in [5, 5.41) is 10.2. The van der Waals surface area contributed by atoms with Crippen LogP contribution < -0.4 is 4.74 Å². The van der Waals surface area contributed by atoms with Gasteiger partial charge in [-0.25, -0.2) is 9.97 Å². The van der Waals surface area contributed by atoms with Crippen molar-refractivity contribution < 1.29 is 9.84 Å². The van der Waals surface area contributed by atoms with E-state index >= 15 is 0 Å². The van der Waals surface area contributed by atoms with Crippen molar-refractivity contribution in [1.29, 1.82) is 0 Å². The summed E-state index contributed by atoms with van der Waals surface area (Å²) in [5.41, 5.74) is 1.58. The van der Waals surface area contributed by atoms with Crippen LogP contribution in [0.3, 0.4) is 0 Å². The Bertz CT molecular complexity index is 534. The number of rotatable bonds is 4. The number of methoxy groups -OCH3 is 1. The molecule has 1 N–H and O–H groups in total. The SMILES string of the molecule is COc1cc(C(O)Cc2ccccc2Br)ncn1. The Hall–Kier alpha value is -1.46. The average Bonchev–Trinajstić information content (AvgIpc) is 2.41. The van der Waals surface area contributed by atoms with Crippen LogP contribution in [0.2, 0.25) is 0 Å². The molecular weight excluding hydrogens is 296 g/mol. The van der Waals surface area contributed by atoms with Gasteiger partial charge in [-0.1, -0.05) is 34.1 Å². The summed E-state index contributed by atoms with van der Waals surface area (Å²) in [4.78, 5) is 7.97. The lowest BCUT2D eigenvalue weighted by Crippen LogP contribution is -2.05. The van der Waals surface area contributed by atoms with Gasteiger partial charge in [0.15, 0.2) is 0 Å².